The van der Waals surface area contributed by atoms with E-state index in [1.807, 2.05) is 24.3 Å². The van der Waals surface area contributed by atoms with E-state index in [2.05, 4.69) is 32.4 Å². The lowest BCUT2D eigenvalue weighted by molar-refractivity contribution is 0.826. The molecule has 1 saturated heterocycles. The molecule has 1 aromatic heterocycles. The van der Waals surface area contributed by atoms with E-state index >= 15 is 0 Å². The Balaban J connectivity index is 2.15. The highest BCUT2D eigenvalue weighted by atomic mass is 32.1. The van der Waals surface area contributed by atoms with Crippen LogP contribution in [0.3, 0.4) is 0 Å². The topological polar surface area (TPSA) is 61.7 Å². The summed E-state index contributed by atoms with van der Waals surface area (Å²) < 4.78 is 0. The number of aliphatic imine (C=N–C) groups is 1. The Labute approximate surface area is 129 Å². The summed E-state index contributed by atoms with van der Waals surface area (Å²) >= 11 is 5.28. The van der Waals surface area contributed by atoms with Gasteiger partial charge in [-0.25, -0.2) is 0 Å². The maximum atomic E-state index is 5.28. The van der Waals surface area contributed by atoms with Gasteiger partial charge in [-0.1, -0.05) is 30.9 Å². The highest BCUT2D eigenvalue weighted by Crippen LogP contribution is 2.07. The van der Waals surface area contributed by atoms with E-state index in [0.717, 1.165) is 30.1 Å². The van der Waals surface area contributed by atoms with Crippen LogP contribution in [0.2, 0.25) is 0 Å². The highest BCUT2D eigenvalue weighted by Gasteiger charge is 2.18. The molecule has 0 unspecified atom stereocenters. The van der Waals surface area contributed by atoms with E-state index in [9.17, 15) is 0 Å². The number of nitrogens with one attached hydrogen (secondary N) is 2. The minimum atomic E-state index is 0.492. The molecule has 1 aromatic rings. The Hall–Kier alpha value is -2.34. The van der Waals surface area contributed by atoms with Crippen molar-refractivity contribution in [2.45, 2.75) is 6.42 Å². The van der Waals surface area contributed by atoms with Crippen LogP contribution < -0.4 is 10.7 Å². The molecule has 2 N–H and O–H groups in total. The van der Waals surface area contributed by atoms with Crippen molar-refractivity contribution in [3.05, 3.63) is 54.5 Å². The predicted molar refractivity (Wildman–Crippen MR) is 90.8 cm³/mol. The van der Waals surface area contributed by atoms with Crippen LogP contribution in [-0.4, -0.2) is 35.0 Å². The van der Waals surface area contributed by atoms with Crippen LogP contribution in [0, 0.1) is 0 Å². The van der Waals surface area contributed by atoms with Gasteiger partial charge < -0.3 is 5.32 Å². The molecule has 108 valence electrons. The molecule has 0 bridgehead atoms. The second-order valence-corrected chi connectivity index (χ2v) is 4.69. The fourth-order valence-electron chi connectivity index (χ4n) is 1.96. The Morgan fingerprint density at radius 2 is 2.38 bits per heavy atom. The van der Waals surface area contributed by atoms with Crippen LogP contribution in [0.1, 0.15) is 12.1 Å². The quantitative estimate of drug-likeness (QED) is 0.660. The summed E-state index contributed by atoms with van der Waals surface area (Å²) in [6.07, 6.45) is 6.08. The number of allylic oxidation sites excluding steroid dienone is 3. The lowest BCUT2D eigenvalue weighted by Crippen LogP contribution is -2.37. The molecule has 6 heteroatoms. The minimum Gasteiger partial charge on any atom is -0.383 e. The predicted octanol–water partition coefficient (Wildman–Crippen LogP) is 1.84. The highest BCUT2D eigenvalue weighted by molar-refractivity contribution is 7.80. The Morgan fingerprint density at radius 1 is 1.52 bits per heavy atom. The zero-order valence-corrected chi connectivity index (χ0v) is 12.7. The Morgan fingerprint density at radius 3 is 3.05 bits per heavy atom. The SMILES string of the molecule is C=C/C=C1/NCCC(=N/NC(=S)c2ccccn2)/C1=N/C. The van der Waals surface area contributed by atoms with E-state index in [1.54, 1.807) is 19.3 Å². The molecule has 5 nitrogen and oxygen atoms in total. The van der Waals surface area contributed by atoms with Crippen molar-refractivity contribution in [2.75, 3.05) is 13.6 Å². The van der Waals surface area contributed by atoms with Gasteiger partial charge in [-0.05, 0) is 18.2 Å². The first-order chi connectivity index (χ1) is 10.3. The van der Waals surface area contributed by atoms with Gasteiger partial charge in [0.2, 0.25) is 0 Å². The van der Waals surface area contributed by atoms with Crippen molar-refractivity contribution < 1.29 is 0 Å². The van der Waals surface area contributed by atoms with Gasteiger partial charge in [-0.15, -0.1) is 0 Å². The average molecular weight is 299 g/mol. The van der Waals surface area contributed by atoms with Gasteiger partial charge in [0, 0.05) is 26.2 Å². The van der Waals surface area contributed by atoms with Crippen molar-refractivity contribution in [1.29, 1.82) is 0 Å². The number of hydrogen-bond acceptors (Lipinski definition) is 5. The number of pyridine rings is 1. The summed E-state index contributed by atoms with van der Waals surface area (Å²) in [5.41, 5.74) is 6.19. The monoisotopic (exact) mass is 299 g/mol. The van der Waals surface area contributed by atoms with Gasteiger partial charge in [-0.3, -0.25) is 15.4 Å². The summed E-state index contributed by atoms with van der Waals surface area (Å²) in [6.45, 7) is 4.51. The third-order valence-electron chi connectivity index (χ3n) is 2.90. The van der Waals surface area contributed by atoms with Crippen molar-refractivity contribution in [1.82, 2.24) is 15.7 Å². The molecule has 2 heterocycles. The first kappa shape index (κ1) is 15.1. The van der Waals surface area contributed by atoms with Crippen LogP contribution >= 0.6 is 12.2 Å². The summed E-state index contributed by atoms with van der Waals surface area (Å²) in [4.78, 5) is 8.97. The van der Waals surface area contributed by atoms with E-state index in [0.29, 0.717) is 10.7 Å². The molecule has 1 aliphatic rings. The summed E-state index contributed by atoms with van der Waals surface area (Å²) in [5.74, 6) is 0. The van der Waals surface area contributed by atoms with Crippen molar-refractivity contribution in [3.63, 3.8) is 0 Å². The van der Waals surface area contributed by atoms with E-state index in [1.165, 1.54) is 0 Å². The maximum Gasteiger partial charge on any atom is 0.145 e. The van der Waals surface area contributed by atoms with E-state index < -0.39 is 0 Å². The van der Waals surface area contributed by atoms with Crippen molar-refractivity contribution in [3.8, 4) is 0 Å². The molecule has 0 radical (unpaired) electrons. The molecule has 0 aliphatic carbocycles. The van der Waals surface area contributed by atoms with E-state index in [-0.39, 0.29) is 0 Å². The molecular weight excluding hydrogens is 282 g/mol. The molecular formula is C15H17N5S. The number of piperidine rings is 1. The fraction of sp³-hybridized carbons (Fsp3) is 0.200. The molecule has 0 atom stereocenters. The lowest BCUT2D eigenvalue weighted by atomic mass is 10.0. The average Bonchev–Trinajstić information content (AvgIpc) is 2.54. The van der Waals surface area contributed by atoms with Crippen LogP contribution in [0.5, 0.6) is 0 Å². The smallest absolute Gasteiger partial charge is 0.145 e. The van der Waals surface area contributed by atoms with E-state index in [4.69, 9.17) is 12.2 Å². The van der Waals surface area contributed by atoms with Gasteiger partial charge in [-0.2, -0.15) is 5.10 Å². The maximum absolute atomic E-state index is 5.28. The van der Waals surface area contributed by atoms with Gasteiger partial charge in [0.1, 0.15) is 10.7 Å². The molecule has 21 heavy (non-hydrogen) atoms. The van der Waals surface area contributed by atoms with Gasteiger partial charge >= 0.3 is 0 Å². The van der Waals surface area contributed by atoms with Crippen molar-refractivity contribution >= 4 is 28.6 Å². The lowest BCUT2D eigenvalue weighted by Gasteiger charge is -2.20. The fourth-order valence-corrected chi connectivity index (χ4v) is 2.13. The normalized spacial score (nSPS) is 20.3. The van der Waals surface area contributed by atoms with Gasteiger partial charge in [0.25, 0.3) is 0 Å². The van der Waals surface area contributed by atoms with Gasteiger partial charge in [0.15, 0.2) is 0 Å². The Kier molecular flexibility index (Phi) is 5.34. The third-order valence-corrected chi connectivity index (χ3v) is 3.20. The van der Waals surface area contributed by atoms with Gasteiger partial charge in [0.05, 0.1) is 17.1 Å². The second kappa shape index (κ2) is 7.44. The molecule has 0 aromatic carbocycles. The molecule has 1 aliphatic heterocycles. The summed E-state index contributed by atoms with van der Waals surface area (Å²) in [5, 5.41) is 7.66. The molecule has 1 fully saturated rings. The molecule has 0 amide bonds. The van der Waals surface area contributed by atoms with Crippen LogP contribution in [0.25, 0.3) is 0 Å². The number of aromatic nitrogens is 1. The number of rotatable bonds is 3. The zero-order chi connectivity index (χ0) is 15.1. The third kappa shape index (κ3) is 3.82. The number of hydrogen-bond donors (Lipinski definition) is 2. The first-order valence-electron chi connectivity index (χ1n) is 6.58. The first-order valence-corrected chi connectivity index (χ1v) is 6.99. The standard InChI is InChI=1S/C15H17N5S/c1-3-6-11-14(16-2)12(8-10-18-11)19-20-15(21)13-7-4-5-9-17-13/h3-7,9,18H,1,8,10H2,2H3,(H,20,21)/b11-6+,16-14+,19-12-. The number of thiocarbonyl (C=S) groups is 1. The van der Waals surface area contributed by atoms with Crippen LogP contribution in [-0.2, 0) is 0 Å². The molecule has 0 spiro atoms. The van der Waals surface area contributed by atoms with Crippen molar-refractivity contribution in [2.24, 2.45) is 10.1 Å². The number of nitrogens with zero attached hydrogens (tertiary/aromatic N) is 3. The zero-order valence-electron chi connectivity index (χ0n) is 11.8. The Bertz CT molecular complexity index is 616. The summed E-state index contributed by atoms with van der Waals surface area (Å²) in [7, 11) is 1.74. The largest absolute Gasteiger partial charge is 0.383 e. The second-order valence-electron chi connectivity index (χ2n) is 4.28. The molecule has 0 saturated carbocycles. The number of hydrazone groups is 1. The van der Waals surface area contributed by atoms with Crippen LogP contribution in [0.4, 0.5) is 0 Å². The molecule has 2 rings (SSSR count). The minimum absolute atomic E-state index is 0.492. The van der Waals surface area contributed by atoms with Crippen LogP contribution in [0.15, 0.2) is 58.9 Å². The summed E-state index contributed by atoms with van der Waals surface area (Å²) in [6, 6.07) is 5.58.